The summed E-state index contributed by atoms with van der Waals surface area (Å²) in [7, 11) is 3.34. The molecule has 0 radical (unpaired) electrons. The van der Waals surface area contributed by atoms with Crippen molar-refractivity contribution in [3.8, 4) is 5.75 Å². The highest BCUT2D eigenvalue weighted by molar-refractivity contribution is 5.99. The second-order valence-electron chi connectivity index (χ2n) is 7.91. The summed E-state index contributed by atoms with van der Waals surface area (Å²) < 4.78 is 17.0. The maximum atomic E-state index is 13.2. The minimum atomic E-state index is -0.337. The molecule has 0 saturated carbocycles. The molecule has 1 aromatic carbocycles. The summed E-state index contributed by atoms with van der Waals surface area (Å²) in [5.41, 5.74) is 0.900. The number of carbonyl (C=O) groups is 3. The molecule has 3 rings (SSSR count). The first-order valence-corrected chi connectivity index (χ1v) is 10.9. The summed E-state index contributed by atoms with van der Waals surface area (Å²) in [6.07, 6.45) is 1.07. The molecule has 10 nitrogen and oxygen atoms in total. The van der Waals surface area contributed by atoms with Gasteiger partial charge in [-0.15, -0.1) is 0 Å². The van der Waals surface area contributed by atoms with Gasteiger partial charge >= 0.3 is 6.03 Å². The van der Waals surface area contributed by atoms with E-state index < -0.39 is 0 Å². The number of fused-ring (bicyclic) bond motifs is 2. The first-order chi connectivity index (χ1) is 15.4. The van der Waals surface area contributed by atoms with Gasteiger partial charge < -0.3 is 35.1 Å². The molecule has 3 atom stereocenters. The molecule has 4 amide bonds. The van der Waals surface area contributed by atoms with Crippen molar-refractivity contribution in [2.24, 2.45) is 0 Å². The molecular formula is C22H32N4O6. The van der Waals surface area contributed by atoms with Crippen molar-refractivity contribution < 1.29 is 28.6 Å². The molecule has 0 aromatic heterocycles. The van der Waals surface area contributed by atoms with Crippen LogP contribution >= 0.6 is 0 Å². The molecule has 1 saturated heterocycles. The third kappa shape index (κ3) is 5.89. The molecule has 176 valence electrons. The van der Waals surface area contributed by atoms with E-state index in [4.69, 9.17) is 14.2 Å². The third-order valence-corrected chi connectivity index (χ3v) is 5.65. The van der Waals surface area contributed by atoms with Crippen LogP contribution in [0.15, 0.2) is 18.2 Å². The van der Waals surface area contributed by atoms with Gasteiger partial charge in [0.1, 0.15) is 18.5 Å². The van der Waals surface area contributed by atoms with Gasteiger partial charge in [0, 0.05) is 32.9 Å². The molecule has 1 fully saturated rings. The first-order valence-electron chi connectivity index (χ1n) is 10.9. The minimum absolute atomic E-state index is 0.0841. The number of benzene rings is 1. The molecular weight excluding hydrogens is 416 g/mol. The van der Waals surface area contributed by atoms with E-state index >= 15 is 0 Å². The van der Waals surface area contributed by atoms with Crippen LogP contribution in [0, 0.1) is 0 Å². The predicted octanol–water partition coefficient (Wildman–Crippen LogP) is 1.36. The highest BCUT2D eigenvalue weighted by Gasteiger charge is 2.39. The van der Waals surface area contributed by atoms with E-state index in [-0.39, 0.29) is 49.1 Å². The van der Waals surface area contributed by atoms with E-state index in [1.807, 2.05) is 6.92 Å². The SMILES string of the molecule is CCNC(=O)Nc1ccc2c(c1)C(=O)N(C)[C@H]1CC[C@H](CC(=O)NCCOC)O[C@H]1CO2. The summed E-state index contributed by atoms with van der Waals surface area (Å²) in [6, 6.07) is 4.49. The van der Waals surface area contributed by atoms with Crippen LogP contribution < -0.4 is 20.7 Å². The fourth-order valence-electron chi connectivity index (χ4n) is 4.01. The van der Waals surface area contributed by atoms with Gasteiger partial charge in [0.25, 0.3) is 5.91 Å². The number of hydrogen-bond acceptors (Lipinski definition) is 6. The fraction of sp³-hybridized carbons (Fsp3) is 0.591. The molecule has 3 N–H and O–H groups in total. The van der Waals surface area contributed by atoms with Gasteiger partial charge in [0.2, 0.25) is 5.91 Å². The maximum absolute atomic E-state index is 13.2. The van der Waals surface area contributed by atoms with Crippen molar-refractivity contribution in [1.29, 1.82) is 0 Å². The van der Waals surface area contributed by atoms with E-state index in [1.165, 1.54) is 0 Å². The number of likely N-dealkylation sites (N-methyl/N-ethyl adjacent to an activating group) is 1. The lowest BCUT2D eigenvalue weighted by Gasteiger charge is -2.42. The number of anilines is 1. The molecule has 0 unspecified atom stereocenters. The van der Waals surface area contributed by atoms with Crippen molar-refractivity contribution in [2.45, 2.75) is 44.4 Å². The standard InChI is InChI=1S/C22H32N4O6/c1-4-23-22(29)25-14-5-8-18-16(11-14)21(28)26(2)17-7-6-15(32-19(17)13-31-18)12-20(27)24-9-10-30-3/h5,8,11,15,17,19H,4,6-7,9-10,12-13H2,1-3H3,(H,24,27)(H2,23,25,29)/t15-,17+,19+/m1/s1. The van der Waals surface area contributed by atoms with Crippen molar-refractivity contribution in [1.82, 2.24) is 15.5 Å². The molecule has 2 aliphatic heterocycles. The smallest absolute Gasteiger partial charge is 0.319 e. The lowest BCUT2D eigenvalue weighted by molar-refractivity contribution is -0.134. The summed E-state index contributed by atoms with van der Waals surface area (Å²) in [5.74, 6) is 0.151. The number of rotatable bonds is 7. The van der Waals surface area contributed by atoms with Crippen molar-refractivity contribution in [3.05, 3.63) is 23.8 Å². The average Bonchev–Trinajstić information content (AvgIpc) is 2.77. The van der Waals surface area contributed by atoms with Crippen molar-refractivity contribution in [2.75, 3.05) is 45.8 Å². The Hall–Kier alpha value is -2.85. The van der Waals surface area contributed by atoms with E-state index in [1.54, 1.807) is 37.3 Å². The molecule has 0 spiro atoms. The number of methoxy groups -OCH3 is 1. The monoisotopic (exact) mass is 448 g/mol. The van der Waals surface area contributed by atoms with Crippen LogP contribution in [0.5, 0.6) is 5.75 Å². The number of ether oxygens (including phenoxy) is 3. The lowest BCUT2D eigenvalue weighted by Crippen LogP contribution is -2.54. The highest BCUT2D eigenvalue weighted by atomic mass is 16.5. The van der Waals surface area contributed by atoms with E-state index in [2.05, 4.69) is 16.0 Å². The van der Waals surface area contributed by atoms with Crippen LogP contribution in [0.1, 0.15) is 36.5 Å². The predicted molar refractivity (Wildman–Crippen MR) is 118 cm³/mol. The Kier molecular flexibility index (Phi) is 8.29. The van der Waals surface area contributed by atoms with Crippen LogP contribution in [0.25, 0.3) is 0 Å². The van der Waals surface area contributed by atoms with Crippen molar-refractivity contribution in [3.63, 3.8) is 0 Å². The summed E-state index contributed by atoms with van der Waals surface area (Å²) in [6.45, 7) is 3.51. The number of hydrogen-bond donors (Lipinski definition) is 3. The van der Waals surface area contributed by atoms with Crippen LogP contribution in [0.2, 0.25) is 0 Å². The molecule has 1 aromatic rings. The van der Waals surface area contributed by atoms with Crippen LogP contribution in [0.4, 0.5) is 10.5 Å². The number of carbonyl (C=O) groups excluding carboxylic acids is 3. The average molecular weight is 449 g/mol. The lowest BCUT2D eigenvalue weighted by atomic mass is 9.94. The van der Waals surface area contributed by atoms with Gasteiger partial charge in [-0.3, -0.25) is 9.59 Å². The third-order valence-electron chi connectivity index (χ3n) is 5.65. The van der Waals surface area contributed by atoms with Gasteiger partial charge in [0.15, 0.2) is 0 Å². The number of nitrogens with one attached hydrogen (secondary N) is 3. The summed E-state index contributed by atoms with van der Waals surface area (Å²) in [5, 5.41) is 8.18. The number of nitrogens with zero attached hydrogens (tertiary/aromatic N) is 1. The topological polar surface area (TPSA) is 118 Å². The van der Waals surface area contributed by atoms with Gasteiger partial charge in [0.05, 0.1) is 30.7 Å². The maximum Gasteiger partial charge on any atom is 0.319 e. The highest BCUT2D eigenvalue weighted by Crippen LogP contribution is 2.32. The minimum Gasteiger partial charge on any atom is -0.490 e. The second kappa shape index (κ2) is 11.1. The van der Waals surface area contributed by atoms with E-state index in [9.17, 15) is 14.4 Å². The molecule has 2 heterocycles. The Morgan fingerprint density at radius 3 is 2.81 bits per heavy atom. The van der Waals surface area contributed by atoms with Crippen LogP contribution in [-0.2, 0) is 14.3 Å². The normalized spacial score (nSPS) is 22.5. The molecule has 2 aliphatic rings. The summed E-state index contributed by atoms with van der Waals surface area (Å²) in [4.78, 5) is 38.8. The Morgan fingerprint density at radius 1 is 1.25 bits per heavy atom. The van der Waals surface area contributed by atoms with Gasteiger partial charge in [-0.25, -0.2) is 4.79 Å². The Labute approximate surface area is 187 Å². The van der Waals surface area contributed by atoms with Gasteiger partial charge in [-0.05, 0) is 38.0 Å². The molecule has 0 aliphatic carbocycles. The van der Waals surface area contributed by atoms with Crippen LogP contribution in [-0.4, -0.2) is 81.5 Å². The summed E-state index contributed by atoms with van der Waals surface area (Å²) >= 11 is 0. The van der Waals surface area contributed by atoms with Crippen molar-refractivity contribution >= 4 is 23.5 Å². The zero-order valence-corrected chi connectivity index (χ0v) is 18.8. The van der Waals surface area contributed by atoms with Gasteiger partial charge in [-0.2, -0.15) is 0 Å². The Bertz CT molecular complexity index is 833. The number of urea groups is 1. The van der Waals surface area contributed by atoms with E-state index in [0.29, 0.717) is 49.5 Å². The zero-order valence-electron chi connectivity index (χ0n) is 18.8. The molecule has 0 bridgehead atoms. The van der Waals surface area contributed by atoms with Crippen LogP contribution in [0.3, 0.4) is 0 Å². The fourth-order valence-corrected chi connectivity index (χ4v) is 4.01. The Morgan fingerprint density at radius 2 is 2.06 bits per heavy atom. The molecule has 10 heteroatoms. The first kappa shape index (κ1) is 23.8. The molecule has 32 heavy (non-hydrogen) atoms. The Balaban J connectivity index is 1.67. The zero-order chi connectivity index (χ0) is 23.1. The largest absolute Gasteiger partial charge is 0.490 e. The van der Waals surface area contributed by atoms with Gasteiger partial charge in [-0.1, -0.05) is 0 Å². The van der Waals surface area contributed by atoms with E-state index in [0.717, 1.165) is 0 Å². The quantitative estimate of drug-likeness (QED) is 0.542. The second-order valence-corrected chi connectivity index (χ2v) is 7.91. The number of amides is 4.